The Hall–Kier alpha value is 0.599. The second kappa shape index (κ2) is 18.0. The quantitative estimate of drug-likeness (QED) is 0.329. The molecule has 0 saturated carbocycles. The zero-order chi connectivity index (χ0) is 12.6. The number of hydrogen-bond donors (Lipinski definition) is 1. The predicted molar refractivity (Wildman–Crippen MR) is 80.2 cm³/mol. The molecule has 0 rings (SSSR count). The average Bonchev–Trinajstić information content (AvgIpc) is 2.29. The van der Waals surface area contributed by atoms with Gasteiger partial charge in [0.25, 0.3) is 0 Å². The molecule has 0 aliphatic heterocycles. The van der Waals surface area contributed by atoms with Gasteiger partial charge in [-0.05, 0) is 12.2 Å². The number of hydrogen-bond acceptors (Lipinski definition) is 2. The van der Waals surface area contributed by atoms with Crippen molar-refractivity contribution in [2.75, 3.05) is 0 Å². The minimum absolute atomic E-state index is 0.839. The molecule has 1 N–H and O–H groups in total. The third kappa shape index (κ3) is 17.0. The first-order chi connectivity index (χ1) is 7.76. The molecule has 0 aromatic carbocycles. The van der Waals surface area contributed by atoms with E-state index in [4.69, 9.17) is 5.41 Å². The Morgan fingerprint density at radius 1 is 0.875 bits per heavy atom. The summed E-state index contributed by atoms with van der Waals surface area (Å²) in [5.41, 5.74) is 0. The summed E-state index contributed by atoms with van der Waals surface area (Å²) in [7, 11) is 0. The first-order valence-electron chi connectivity index (χ1n) is 6.64. The number of thiocarbonyl (C=S) groups is 1. The molecule has 16 heavy (non-hydrogen) atoms. The first-order valence-corrected chi connectivity index (χ1v) is 13.1. The standard InChI is InChI=1S/3C4H9.CHNS.Sn/c3*1-3-4-2;2-1-3;/h3*1,3-4H2,2H3;2H;. The average molecular weight is 349 g/mol. The topological polar surface area (TPSA) is 23.9 Å². The van der Waals surface area contributed by atoms with Gasteiger partial charge >= 0.3 is 92.4 Å². The molecule has 3 heteroatoms. The Morgan fingerprint density at radius 2 is 1.12 bits per heavy atom. The smallest absolute Gasteiger partial charge is 0.0554 e. The summed E-state index contributed by atoms with van der Waals surface area (Å²) in [5.74, 6) is 0. The van der Waals surface area contributed by atoms with Crippen LogP contribution in [-0.4, -0.2) is 24.9 Å². The van der Waals surface area contributed by atoms with Crippen molar-refractivity contribution in [1.82, 2.24) is 0 Å². The molecule has 0 aliphatic carbocycles. The van der Waals surface area contributed by atoms with Gasteiger partial charge in [0.2, 0.25) is 0 Å². The molecule has 1 radical (unpaired) electrons. The van der Waals surface area contributed by atoms with Crippen LogP contribution < -0.4 is 0 Å². The van der Waals surface area contributed by atoms with E-state index in [1.165, 1.54) is 38.5 Å². The van der Waals surface area contributed by atoms with Crippen LogP contribution in [0.1, 0.15) is 59.3 Å². The van der Waals surface area contributed by atoms with Crippen LogP contribution in [0.25, 0.3) is 0 Å². The monoisotopic (exact) mass is 350 g/mol. The number of unbranched alkanes of at least 4 members (excludes halogenated alkanes) is 3. The van der Waals surface area contributed by atoms with Gasteiger partial charge in [-0.3, -0.25) is 0 Å². The van der Waals surface area contributed by atoms with Crippen molar-refractivity contribution in [2.24, 2.45) is 0 Å². The first kappa shape index (κ1) is 19.0. The van der Waals surface area contributed by atoms with Gasteiger partial charge in [0, 0.05) is 0 Å². The maximum absolute atomic E-state index is 5.77. The van der Waals surface area contributed by atoms with E-state index < -0.39 is 19.8 Å². The van der Waals surface area contributed by atoms with Crippen LogP contribution in [0.4, 0.5) is 0 Å². The molecular weight excluding hydrogens is 321 g/mol. The van der Waals surface area contributed by atoms with Crippen molar-refractivity contribution >= 4 is 37.1 Å². The Labute approximate surface area is 115 Å². The third-order valence-corrected chi connectivity index (χ3v) is 11.7. The van der Waals surface area contributed by atoms with E-state index in [9.17, 15) is 0 Å². The van der Waals surface area contributed by atoms with Gasteiger partial charge < -0.3 is 0 Å². The fraction of sp³-hybridized carbons (Fsp3) is 0.923. The van der Waals surface area contributed by atoms with E-state index >= 15 is 0 Å². The number of rotatable bonds is 9. The maximum Gasteiger partial charge on any atom is 0.0554 e. The molecule has 0 saturated heterocycles. The van der Waals surface area contributed by atoms with Crippen LogP contribution in [0.2, 0.25) is 13.3 Å². The van der Waals surface area contributed by atoms with Crippen molar-refractivity contribution in [3.05, 3.63) is 0 Å². The van der Waals surface area contributed by atoms with E-state index in [1.54, 1.807) is 18.5 Å². The number of isothiocyanates is 1. The van der Waals surface area contributed by atoms with Gasteiger partial charge in [-0.2, -0.15) is 0 Å². The third-order valence-electron chi connectivity index (χ3n) is 2.65. The molecule has 95 valence electrons. The van der Waals surface area contributed by atoms with Crippen LogP contribution in [0, 0.1) is 5.41 Å². The molecule has 1 nitrogen and oxygen atoms in total. The van der Waals surface area contributed by atoms with Gasteiger partial charge in [-0.15, -0.1) is 0 Å². The molecule has 0 spiro atoms. The van der Waals surface area contributed by atoms with Crippen LogP contribution in [-0.2, 0) is 0 Å². The Bertz CT molecular complexity index is 137. The summed E-state index contributed by atoms with van der Waals surface area (Å²) in [6, 6.07) is 0. The molecule has 0 aromatic heterocycles. The van der Waals surface area contributed by atoms with Gasteiger partial charge in [-0.25, -0.2) is 5.41 Å². The molecule has 0 aliphatic rings. The molecule has 0 unspecified atom stereocenters. The maximum atomic E-state index is 5.77. The normalized spacial score (nSPS) is 9.50. The minimum Gasteiger partial charge on any atom is -0.248 e. The van der Waals surface area contributed by atoms with E-state index in [0.717, 1.165) is 0 Å². The van der Waals surface area contributed by atoms with E-state index in [0.29, 0.717) is 0 Å². The Balaban J connectivity index is 0. The van der Waals surface area contributed by atoms with Crippen LogP contribution in [0.5, 0.6) is 0 Å². The summed E-state index contributed by atoms with van der Waals surface area (Å²) < 4.78 is 5.04. The van der Waals surface area contributed by atoms with Crippen molar-refractivity contribution < 1.29 is 0 Å². The Kier molecular flexibility index (Phi) is 21.3. The minimum atomic E-state index is -0.839. The molecule has 0 aromatic rings. The van der Waals surface area contributed by atoms with E-state index in [-0.39, 0.29) is 0 Å². The summed E-state index contributed by atoms with van der Waals surface area (Å²) in [5, 5.41) is 7.36. The van der Waals surface area contributed by atoms with Gasteiger partial charge in [-0.1, -0.05) is 0 Å². The molecule has 0 amide bonds. The molecule has 0 heterocycles. The second-order valence-corrected chi connectivity index (χ2v) is 12.9. The fourth-order valence-electron chi connectivity index (χ4n) is 1.66. The SMILES string of the molecule is CCC[CH2][Sn]([CH2]CCC)[CH2]CCC.N=C=S. The predicted octanol–water partition coefficient (Wildman–Crippen LogP) is 5.55. The largest absolute Gasteiger partial charge is 0.248 e. The van der Waals surface area contributed by atoms with Crippen molar-refractivity contribution in [2.45, 2.75) is 72.6 Å². The zero-order valence-electron chi connectivity index (χ0n) is 11.3. The van der Waals surface area contributed by atoms with E-state index in [2.05, 4.69) is 33.0 Å². The van der Waals surface area contributed by atoms with Crippen molar-refractivity contribution in [3.63, 3.8) is 0 Å². The summed E-state index contributed by atoms with van der Waals surface area (Å²) in [4.78, 5) is 0. The molecule has 0 bridgehead atoms. The second-order valence-electron chi connectivity index (χ2n) is 4.16. The van der Waals surface area contributed by atoms with E-state index in [1.807, 2.05) is 0 Å². The van der Waals surface area contributed by atoms with Gasteiger partial charge in [0.15, 0.2) is 0 Å². The summed E-state index contributed by atoms with van der Waals surface area (Å²) in [6.45, 7) is 7.00. The van der Waals surface area contributed by atoms with Crippen molar-refractivity contribution in [3.8, 4) is 0 Å². The zero-order valence-corrected chi connectivity index (χ0v) is 14.9. The summed E-state index contributed by atoms with van der Waals surface area (Å²) in [6.07, 6.45) is 8.85. The Morgan fingerprint density at radius 3 is 1.31 bits per heavy atom. The van der Waals surface area contributed by atoms with Crippen LogP contribution >= 0.6 is 12.2 Å². The van der Waals surface area contributed by atoms with Crippen LogP contribution in [0.15, 0.2) is 0 Å². The molecule has 0 fully saturated rings. The summed E-state index contributed by atoms with van der Waals surface area (Å²) >= 11 is 2.97. The van der Waals surface area contributed by atoms with Crippen molar-refractivity contribution in [1.29, 1.82) is 5.41 Å². The van der Waals surface area contributed by atoms with Gasteiger partial charge in [0.1, 0.15) is 0 Å². The molecule has 0 atom stereocenters. The number of nitrogens with one attached hydrogen (secondary N) is 1. The van der Waals surface area contributed by atoms with Crippen LogP contribution in [0.3, 0.4) is 0 Å². The molecular formula is C13H28NSSn. The fourth-order valence-corrected chi connectivity index (χ4v) is 11.1. The van der Waals surface area contributed by atoms with Gasteiger partial charge in [0.05, 0.1) is 5.16 Å².